The molecule has 0 bridgehead atoms. The molecule has 2 N–H and O–H groups in total. The van der Waals surface area contributed by atoms with Crippen LogP contribution in [0.25, 0.3) is 0 Å². The number of amides is 1. The molecule has 0 aromatic rings. The average Bonchev–Trinajstić information content (AvgIpc) is 2.34. The number of nitrogens with one attached hydrogen (secondary N) is 1. The first kappa shape index (κ1) is 18.9. The number of aliphatic carboxylic acids is 1. The van der Waals surface area contributed by atoms with Crippen molar-refractivity contribution in [1.82, 2.24) is 10.2 Å². The van der Waals surface area contributed by atoms with E-state index < -0.39 is 11.5 Å². The Labute approximate surface area is 121 Å². The molecule has 20 heavy (non-hydrogen) atoms. The van der Waals surface area contributed by atoms with Crippen LogP contribution in [-0.4, -0.2) is 59.8 Å². The van der Waals surface area contributed by atoms with Crippen molar-refractivity contribution < 1.29 is 19.4 Å². The van der Waals surface area contributed by atoms with E-state index in [1.807, 2.05) is 20.8 Å². The number of nitrogens with zero attached hydrogens (tertiary/aromatic N) is 1. The van der Waals surface area contributed by atoms with E-state index in [0.29, 0.717) is 19.7 Å². The minimum atomic E-state index is -1.05. The Bertz CT molecular complexity index is 316. The van der Waals surface area contributed by atoms with Crippen LogP contribution in [-0.2, 0) is 14.3 Å². The van der Waals surface area contributed by atoms with Gasteiger partial charge in [0.1, 0.15) is 5.54 Å². The van der Waals surface area contributed by atoms with Crippen LogP contribution in [0.15, 0.2) is 0 Å². The van der Waals surface area contributed by atoms with Crippen LogP contribution in [0.3, 0.4) is 0 Å². The maximum atomic E-state index is 11.8. The van der Waals surface area contributed by atoms with E-state index in [1.54, 1.807) is 18.7 Å². The van der Waals surface area contributed by atoms with E-state index in [0.717, 1.165) is 6.42 Å². The third-order valence-corrected chi connectivity index (χ3v) is 3.12. The Hall–Kier alpha value is -1.14. The molecule has 0 unspecified atom stereocenters. The maximum absolute atomic E-state index is 11.8. The van der Waals surface area contributed by atoms with Crippen molar-refractivity contribution in [2.24, 2.45) is 0 Å². The number of carboxylic acid groups (broad SMARTS) is 1. The van der Waals surface area contributed by atoms with Gasteiger partial charge in [0.2, 0.25) is 5.91 Å². The van der Waals surface area contributed by atoms with Gasteiger partial charge < -0.3 is 15.2 Å². The molecule has 0 heterocycles. The Balaban J connectivity index is 4.08. The second-order valence-corrected chi connectivity index (χ2v) is 5.50. The lowest BCUT2D eigenvalue weighted by Gasteiger charge is -2.33. The van der Waals surface area contributed by atoms with E-state index in [-0.39, 0.29) is 18.6 Å². The van der Waals surface area contributed by atoms with Crippen LogP contribution >= 0.6 is 0 Å². The summed E-state index contributed by atoms with van der Waals surface area (Å²) in [6.07, 6.45) is 0.941. The fourth-order valence-corrected chi connectivity index (χ4v) is 1.69. The summed E-state index contributed by atoms with van der Waals surface area (Å²) < 4.78 is 5.37. The zero-order valence-corrected chi connectivity index (χ0v) is 13.2. The molecule has 0 aromatic carbocycles. The van der Waals surface area contributed by atoms with Crippen LogP contribution in [0, 0.1) is 0 Å². The lowest BCUT2D eigenvalue weighted by Crippen LogP contribution is -2.53. The van der Waals surface area contributed by atoms with Crippen LogP contribution < -0.4 is 5.32 Å². The summed E-state index contributed by atoms with van der Waals surface area (Å²) in [6.45, 7) is 10.7. The minimum Gasteiger partial charge on any atom is -0.480 e. The van der Waals surface area contributed by atoms with Gasteiger partial charge in [-0.2, -0.15) is 0 Å². The number of hydrogen-bond donors (Lipinski definition) is 2. The molecule has 0 saturated heterocycles. The highest BCUT2D eigenvalue weighted by Gasteiger charge is 2.34. The van der Waals surface area contributed by atoms with Gasteiger partial charge >= 0.3 is 5.97 Å². The second-order valence-electron chi connectivity index (χ2n) is 5.50. The summed E-state index contributed by atoms with van der Waals surface area (Å²) in [7, 11) is 0. The van der Waals surface area contributed by atoms with Crippen LogP contribution in [0.5, 0.6) is 0 Å². The molecule has 118 valence electrons. The summed E-state index contributed by atoms with van der Waals surface area (Å²) in [5, 5.41) is 11.9. The van der Waals surface area contributed by atoms with Crippen LogP contribution in [0.2, 0.25) is 0 Å². The molecular formula is C14H28N2O4. The first-order valence-electron chi connectivity index (χ1n) is 7.08. The topological polar surface area (TPSA) is 78.9 Å². The van der Waals surface area contributed by atoms with Crippen molar-refractivity contribution in [3.63, 3.8) is 0 Å². The summed E-state index contributed by atoms with van der Waals surface area (Å²) >= 11 is 0. The smallest absolute Gasteiger partial charge is 0.323 e. The van der Waals surface area contributed by atoms with Gasteiger partial charge in [-0.05, 0) is 40.7 Å². The number of likely N-dealkylation sites (N-methyl/N-ethyl adjacent to an activating group) is 1. The van der Waals surface area contributed by atoms with Crippen molar-refractivity contribution in [3.8, 4) is 0 Å². The first-order valence-corrected chi connectivity index (χ1v) is 7.08. The zero-order chi connectivity index (χ0) is 15.8. The molecule has 0 rings (SSSR count). The lowest BCUT2D eigenvalue weighted by atomic mass is 10.0. The molecule has 0 fully saturated rings. The van der Waals surface area contributed by atoms with Crippen molar-refractivity contribution in [2.45, 2.75) is 52.7 Å². The fourth-order valence-electron chi connectivity index (χ4n) is 1.69. The molecule has 0 aliphatic rings. The highest BCUT2D eigenvalue weighted by molar-refractivity contribution is 5.81. The molecule has 6 nitrogen and oxygen atoms in total. The Morgan fingerprint density at radius 3 is 2.40 bits per heavy atom. The lowest BCUT2D eigenvalue weighted by molar-refractivity contribution is -0.150. The SMILES string of the molecule is CCN(CC(=O)NCCCOC(C)C)C(C)(C)C(=O)O. The second kappa shape index (κ2) is 8.92. The molecule has 0 aliphatic heterocycles. The summed E-state index contributed by atoms with van der Waals surface area (Å²) in [4.78, 5) is 24.6. The quantitative estimate of drug-likeness (QED) is 0.589. The van der Waals surface area contributed by atoms with Gasteiger partial charge in [-0.1, -0.05) is 6.92 Å². The van der Waals surface area contributed by atoms with Gasteiger partial charge in [0, 0.05) is 13.2 Å². The molecule has 0 saturated carbocycles. The zero-order valence-electron chi connectivity index (χ0n) is 13.2. The van der Waals surface area contributed by atoms with Crippen LogP contribution in [0.4, 0.5) is 0 Å². The first-order chi connectivity index (χ1) is 9.21. The normalized spacial score (nSPS) is 11.9. The molecular weight excluding hydrogens is 260 g/mol. The van der Waals surface area contributed by atoms with Gasteiger partial charge in [0.15, 0.2) is 0 Å². The third-order valence-electron chi connectivity index (χ3n) is 3.12. The van der Waals surface area contributed by atoms with Crippen molar-refractivity contribution in [3.05, 3.63) is 0 Å². The summed E-state index contributed by atoms with van der Waals surface area (Å²) in [6, 6.07) is 0. The monoisotopic (exact) mass is 288 g/mol. The number of carbonyl (C=O) groups is 2. The van der Waals surface area contributed by atoms with Gasteiger partial charge in [0.05, 0.1) is 12.6 Å². The van der Waals surface area contributed by atoms with Gasteiger partial charge in [-0.25, -0.2) is 0 Å². The predicted octanol–water partition coefficient (Wildman–Crippen LogP) is 1.10. The van der Waals surface area contributed by atoms with E-state index in [4.69, 9.17) is 9.84 Å². The molecule has 1 amide bonds. The Kier molecular flexibility index (Phi) is 8.41. The minimum absolute atomic E-state index is 0.0842. The molecule has 0 aromatic heterocycles. The van der Waals surface area contributed by atoms with Gasteiger partial charge in [-0.15, -0.1) is 0 Å². The molecule has 6 heteroatoms. The van der Waals surface area contributed by atoms with E-state index in [1.165, 1.54) is 0 Å². The average molecular weight is 288 g/mol. The number of ether oxygens (including phenoxy) is 1. The maximum Gasteiger partial charge on any atom is 0.323 e. The van der Waals surface area contributed by atoms with Gasteiger partial charge in [-0.3, -0.25) is 14.5 Å². The number of carboxylic acids is 1. The number of hydrogen-bond acceptors (Lipinski definition) is 4. The van der Waals surface area contributed by atoms with Crippen molar-refractivity contribution >= 4 is 11.9 Å². The standard InChI is InChI=1S/C14H28N2O4/c1-6-16(14(4,5)13(18)19)10-12(17)15-8-7-9-20-11(2)3/h11H,6-10H2,1-5H3,(H,15,17)(H,18,19). The summed E-state index contributed by atoms with van der Waals surface area (Å²) in [5.41, 5.74) is -1.05. The highest BCUT2D eigenvalue weighted by Crippen LogP contribution is 2.13. The third kappa shape index (κ3) is 6.86. The Morgan fingerprint density at radius 2 is 1.95 bits per heavy atom. The van der Waals surface area contributed by atoms with Crippen molar-refractivity contribution in [1.29, 1.82) is 0 Å². The van der Waals surface area contributed by atoms with Crippen LogP contribution in [0.1, 0.15) is 41.0 Å². The number of rotatable bonds is 10. The summed E-state index contributed by atoms with van der Waals surface area (Å²) in [5.74, 6) is -1.09. The molecule has 0 atom stereocenters. The van der Waals surface area contributed by atoms with E-state index in [2.05, 4.69) is 5.32 Å². The predicted molar refractivity (Wildman–Crippen MR) is 77.7 cm³/mol. The van der Waals surface area contributed by atoms with E-state index >= 15 is 0 Å². The van der Waals surface area contributed by atoms with E-state index in [9.17, 15) is 9.59 Å². The number of carbonyl (C=O) groups excluding carboxylic acids is 1. The molecule has 0 aliphatic carbocycles. The molecule has 0 radical (unpaired) electrons. The molecule has 0 spiro atoms. The largest absolute Gasteiger partial charge is 0.480 e. The van der Waals surface area contributed by atoms with Gasteiger partial charge in [0.25, 0.3) is 0 Å². The fraction of sp³-hybridized carbons (Fsp3) is 0.857. The highest BCUT2D eigenvalue weighted by atomic mass is 16.5. The Morgan fingerprint density at radius 1 is 1.35 bits per heavy atom. The van der Waals surface area contributed by atoms with Crippen molar-refractivity contribution in [2.75, 3.05) is 26.2 Å².